The van der Waals surface area contributed by atoms with E-state index >= 15 is 0 Å². The number of hydrogen-bond donors (Lipinski definition) is 1. The predicted molar refractivity (Wildman–Crippen MR) is 111 cm³/mol. The van der Waals surface area contributed by atoms with Crippen molar-refractivity contribution < 1.29 is 4.74 Å². The summed E-state index contributed by atoms with van der Waals surface area (Å²) in [6.07, 6.45) is 0. The predicted octanol–water partition coefficient (Wildman–Crippen LogP) is 3.36. The average Bonchev–Trinajstić information content (AvgIpc) is 2.82. The maximum absolute atomic E-state index is 5.24. The van der Waals surface area contributed by atoms with E-state index in [-0.39, 0.29) is 24.0 Å². The maximum atomic E-state index is 5.24. The molecule has 5 nitrogen and oxygen atoms in total. The Morgan fingerprint density at radius 3 is 2.38 bits per heavy atom. The monoisotopic (exact) mass is 442 g/mol. The Bertz CT molecular complexity index is 692. The number of aryl methyl sites for hydroxylation is 1. The standard InChI is InChI=1S/C18H26N4O.HI/c1-13-11-15(12-21(5)18(19-3)20-4)14(2)22(13)16-7-9-17(23-6)10-8-16;/h7-11H,12H2,1-6H3,(H,19,20);1H. The van der Waals surface area contributed by atoms with E-state index < -0.39 is 0 Å². The Kier molecular flexibility index (Phi) is 7.59. The van der Waals surface area contributed by atoms with Crippen LogP contribution in [0.15, 0.2) is 35.3 Å². The highest BCUT2D eigenvalue weighted by molar-refractivity contribution is 14.0. The number of nitrogens with zero attached hydrogens (tertiary/aromatic N) is 3. The summed E-state index contributed by atoms with van der Waals surface area (Å²) in [4.78, 5) is 6.36. The molecule has 1 aromatic heterocycles. The Balaban J connectivity index is 0.00000288. The molecule has 0 bridgehead atoms. The molecule has 6 heteroatoms. The molecule has 1 aromatic carbocycles. The van der Waals surface area contributed by atoms with Crippen LogP contribution in [0.25, 0.3) is 5.69 Å². The number of aliphatic imine (C=N–C) groups is 1. The smallest absolute Gasteiger partial charge is 0.193 e. The normalized spacial score (nSPS) is 11.0. The van der Waals surface area contributed by atoms with Crippen molar-refractivity contribution in [1.82, 2.24) is 14.8 Å². The first-order valence-corrected chi connectivity index (χ1v) is 7.69. The van der Waals surface area contributed by atoms with Crippen molar-refractivity contribution in [2.24, 2.45) is 4.99 Å². The van der Waals surface area contributed by atoms with Gasteiger partial charge in [0.05, 0.1) is 7.11 Å². The number of halogens is 1. The molecule has 0 amide bonds. The topological polar surface area (TPSA) is 41.8 Å². The molecule has 132 valence electrons. The molecule has 24 heavy (non-hydrogen) atoms. The number of guanidine groups is 1. The van der Waals surface area contributed by atoms with E-state index in [0.717, 1.165) is 23.9 Å². The summed E-state index contributed by atoms with van der Waals surface area (Å²) in [5.74, 6) is 1.74. The van der Waals surface area contributed by atoms with Gasteiger partial charge in [0.2, 0.25) is 0 Å². The lowest BCUT2D eigenvalue weighted by Gasteiger charge is -2.20. The van der Waals surface area contributed by atoms with Crippen LogP contribution < -0.4 is 10.1 Å². The van der Waals surface area contributed by atoms with Crippen LogP contribution >= 0.6 is 24.0 Å². The second-order valence-corrected chi connectivity index (χ2v) is 5.58. The number of ether oxygens (including phenoxy) is 1. The molecular formula is C18H27IN4O. The van der Waals surface area contributed by atoms with Crippen molar-refractivity contribution in [2.75, 3.05) is 28.3 Å². The fourth-order valence-electron chi connectivity index (χ4n) is 2.92. The quantitative estimate of drug-likeness (QED) is 0.449. The Morgan fingerprint density at radius 1 is 1.25 bits per heavy atom. The zero-order valence-corrected chi connectivity index (χ0v) is 17.6. The lowest BCUT2D eigenvalue weighted by molar-refractivity contribution is 0.414. The Labute approximate surface area is 161 Å². The van der Waals surface area contributed by atoms with Gasteiger partial charge in [-0.15, -0.1) is 24.0 Å². The molecule has 0 saturated carbocycles. The number of methoxy groups -OCH3 is 1. The molecule has 1 heterocycles. The van der Waals surface area contributed by atoms with E-state index in [2.05, 4.69) is 51.8 Å². The largest absolute Gasteiger partial charge is 0.497 e. The molecule has 0 aliphatic heterocycles. The third-order valence-electron chi connectivity index (χ3n) is 4.07. The van der Waals surface area contributed by atoms with Gasteiger partial charge in [0.25, 0.3) is 0 Å². The zero-order valence-electron chi connectivity index (χ0n) is 15.3. The minimum atomic E-state index is 0. The molecule has 0 atom stereocenters. The lowest BCUT2D eigenvalue weighted by atomic mass is 10.2. The van der Waals surface area contributed by atoms with Gasteiger partial charge in [-0.2, -0.15) is 0 Å². The summed E-state index contributed by atoms with van der Waals surface area (Å²) in [7, 11) is 7.41. The number of rotatable bonds is 4. The molecule has 0 saturated heterocycles. The highest BCUT2D eigenvalue weighted by Crippen LogP contribution is 2.23. The van der Waals surface area contributed by atoms with Gasteiger partial charge in [-0.3, -0.25) is 4.99 Å². The first-order valence-electron chi connectivity index (χ1n) is 7.69. The van der Waals surface area contributed by atoms with Gasteiger partial charge >= 0.3 is 0 Å². The number of hydrogen-bond acceptors (Lipinski definition) is 2. The molecule has 2 aromatic rings. The first kappa shape index (κ1) is 20.3. The number of aromatic nitrogens is 1. The summed E-state index contributed by atoms with van der Waals surface area (Å²) in [6, 6.07) is 10.4. The highest BCUT2D eigenvalue weighted by atomic mass is 127. The van der Waals surface area contributed by atoms with E-state index in [1.54, 1.807) is 14.2 Å². The van der Waals surface area contributed by atoms with Gasteiger partial charge in [-0.05, 0) is 49.7 Å². The van der Waals surface area contributed by atoms with Gasteiger partial charge in [0, 0.05) is 44.8 Å². The van der Waals surface area contributed by atoms with Crippen LogP contribution in [0.2, 0.25) is 0 Å². The SMILES string of the molecule is CN=C(NC)N(C)Cc1cc(C)n(-c2ccc(OC)cc2)c1C.I. The van der Waals surface area contributed by atoms with Crippen molar-refractivity contribution in [1.29, 1.82) is 0 Å². The third-order valence-corrected chi connectivity index (χ3v) is 4.07. The maximum Gasteiger partial charge on any atom is 0.193 e. The van der Waals surface area contributed by atoms with Crippen LogP contribution in [-0.2, 0) is 6.54 Å². The van der Waals surface area contributed by atoms with Crippen molar-refractivity contribution in [3.63, 3.8) is 0 Å². The second-order valence-electron chi connectivity index (χ2n) is 5.58. The highest BCUT2D eigenvalue weighted by Gasteiger charge is 2.13. The molecule has 0 aliphatic rings. The first-order chi connectivity index (χ1) is 11.0. The van der Waals surface area contributed by atoms with Crippen LogP contribution in [0, 0.1) is 13.8 Å². The second kappa shape index (κ2) is 8.96. The minimum absolute atomic E-state index is 0. The third kappa shape index (κ3) is 4.23. The van der Waals surface area contributed by atoms with E-state index in [4.69, 9.17) is 4.74 Å². The van der Waals surface area contributed by atoms with Crippen molar-refractivity contribution in [2.45, 2.75) is 20.4 Å². The van der Waals surface area contributed by atoms with Gasteiger partial charge in [-0.25, -0.2) is 0 Å². The molecule has 2 rings (SSSR count). The molecule has 0 aliphatic carbocycles. The van der Waals surface area contributed by atoms with E-state index in [0.29, 0.717) is 0 Å². The lowest BCUT2D eigenvalue weighted by Crippen LogP contribution is -2.36. The fourth-order valence-corrected chi connectivity index (χ4v) is 2.92. The van der Waals surface area contributed by atoms with E-state index in [1.807, 2.05) is 26.2 Å². The fraction of sp³-hybridized carbons (Fsp3) is 0.389. The van der Waals surface area contributed by atoms with Gasteiger partial charge in [-0.1, -0.05) is 0 Å². The number of nitrogens with one attached hydrogen (secondary N) is 1. The van der Waals surface area contributed by atoms with Gasteiger partial charge < -0.3 is 19.5 Å². The van der Waals surface area contributed by atoms with Gasteiger partial charge in [0.1, 0.15) is 5.75 Å². The van der Waals surface area contributed by atoms with Crippen LogP contribution in [0.3, 0.4) is 0 Å². The zero-order chi connectivity index (χ0) is 17.0. The van der Waals surface area contributed by atoms with Crippen LogP contribution in [-0.4, -0.2) is 43.7 Å². The van der Waals surface area contributed by atoms with Crippen molar-refractivity contribution in [3.8, 4) is 11.4 Å². The summed E-state index contributed by atoms with van der Waals surface area (Å²) in [5, 5.41) is 3.11. The van der Waals surface area contributed by atoms with E-state index in [9.17, 15) is 0 Å². The molecular weight excluding hydrogens is 415 g/mol. The summed E-state index contributed by atoms with van der Waals surface area (Å²) >= 11 is 0. The summed E-state index contributed by atoms with van der Waals surface area (Å²) < 4.78 is 7.51. The van der Waals surface area contributed by atoms with Gasteiger partial charge in [0.15, 0.2) is 5.96 Å². The van der Waals surface area contributed by atoms with Crippen LogP contribution in [0.1, 0.15) is 17.0 Å². The molecule has 0 radical (unpaired) electrons. The molecule has 1 N–H and O–H groups in total. The summed E-state index contributed by atoms with van der Waals surface area (Å²) in [6.45, 7) is 5.10. The summed E-state index contributed by atoms with van der Waals surface area (Å²) in [5.41, 5.74) is 4.89. The molecule has 0 unspecified atom stereocenters. The average molecular weight is 442 g/mol. The number of benzene rings is 1. The Hall–Kier alpha value is -1.70. The van der Waals surface area contributed by atoms with Crippen LogP contribution in [0.4, 0.5) is 0 Å². The Morgan fingerprint density at radius 2 is 1.88 bits per heavy atom. The van der Waals surface area contributed by atoms with Crippen molar-refractivity contribution >= 4 is 29.9 Å². The van der Waals surface area contributed by atoms with Crippen LogP contribution in [0.5, 0.6) is 5.75 Å². The molecule has 0 fully saturated rings. The van der Waals surface area contributed by atoms with Crippen molar-refractivity contribution in [3.05, 3.63) is 47.3 Å². The molecule has 0 spiro atoms. The van der Waals surface area contributed by atoms with E-state index in [1.165, 1.54) is 17.0 Å². The minimum Gasteiger partial charge on any atom is -0.497 e.